The average molecular weight is 602 g/mol. The van der Waals surface area contributed by atoms with E-state index in [0.29, 0.717) is 55.5 Å². The van der Waals surface area contributed by atoms with Gasteiger partial charge in [-0.3, -0.25) is 4.79 Å². The largest absolute Gasteiger partial charge is 0.488 e. The number of aliphatic carboxylic acids is 1. The van der Waals surface area contributed by atoms with Gasteiger partial charge in [-0.25, -0.2) is 9.78 Å². The highest BCUT2D eigenvalue weighted by molar-refractivity contribution is 7.14. The fourth-order valence-corrected chi connectivity index (χ4v) is 7.84. The number of piperidine rings is 2. The number of aliphatic hydroxyl groups is 1. The molecule has 3 heterocycles. The Hall–Kier alpha value is -3.69. The Morgan fingerprint density at radius 1 is 1.05 bits per heavy atom. The van der Waals surface area contributed by atoms with Crippen LogP contribution in [0.2, 0.25) is 0 Å². The number of carboxylic acid groups (broad SMARTS) is 1. The van der Waals surface area contributed by atoms with Gasteiger partial charge in [0.1, 0.15) is 12.4 Å². The van der Waals surface area contributed by atoms with Gasteiger partial charge >= 0.3 is 5.97 Å². The van der Waals surface area contributed by atoms with Crippen LogP contribution in [0.5, 0.6) is 5.75 Å². The topological polar surface area (TPSA) is 103 Å². The van der Waals surface area contributed by atoms with Crippen LogP contribution in [0.15, 0.2) is 53.9 Å². The van der Waals surface area contributed by atoms with Crippen molar-refractivity contribution in [2.75, 3.05) is 31.1 Å². The quantitative estimate of drug-likeness (QED) is 0.319. The minimum absolute atomic E-state index is 0.00618. The normalized spacial score (nSPS) is 22.1. The van der Waals surface area contributed by atoms with Crippen molar-refractivity contribution >= 4 is 28.3 Å². The number of hydrogen-bond acceptors (Lipinski definition) is 7. The summed E-state index contributed by atoms with van der Waals surface area (Å²) in [5, 5.41) is 22.3. The smallest absolute Gasteiger partial charge is 0.331 e. The number of carbonyl (C=O) groups is 2. The van der Waals surface area contributed by atoms with E-state index in [-0.39, 0.29) is 17.9 Å². The minimum atomic E-state index is -0.877. The molecule has 226 valence electrons. The van der Waals surface area contributed by atoms with Crippen LogP contribution in [0.3, 0.4) is 0 Å². The zero-order valence-corrected chi connectivity index (χ0v) is 25.6. The first-order valence-electron chi connectivity index (χ1n) is 15.1. The summed E-state index contributed by atoms with van der Waals surface area (Å²) in [4.78, 5) is 33.8. The standard InChI is InChI=1S/C34H39N3O5S/c1-20-4-9-30(42-18-26-8-5-23(15-21(26)2)32(39)36-12-10-27(38)11-13-36)28(14-20)29-19-43-34(35-29)37-16-24-6-7-25(17-37)31(24)22(3)33(40)41/h4-5,8-9,14-15,19,24-25,27,31,38H,3,6-7,10-13,16-18H2,1-2H3,(H,40,41)/t24-,25?,31+/m1/s1. The number of benzene rings is 2. The number of hydrogen-bond donors (Lipinski definition) is 2. The number of fused-ring (bicyclic) bond motifs is 2. The van der Waals surface area contributed by atoms with Gasteiger partial charge in [-0.05, 0) is 92.7 Å². The number of anilines is 1. The molecule has 2 N–H and O–H groups in total. The van der Waals surface area contributed by atoms with Gasteiger partial charge in [-0.2, -0.15) is 0 Å². The lowest BCUT2D eigenvalue weighted by Crippen LogP contribution is -2.43. The molecule has 1 saturated carbocycles. The number of likely N-dealkylation sites (tertiary alicyclic amines) is 1. The lowest BCUT2D eigenvalue weighted by atomic mass is 9.80. The molecule has 1 unspecified atom stereocenters. The Morgan fingerprint density at radius 2 is 1.77 bits per heavy atom. The second kappa shape index (κ2) is 12.1. The number of nitrogens with zero attached hydrogens (tertiary/aromatic N) is 3. The van der Waals surface area contributed by atoms with Crippen LogP contribution in [0, 0.1) is 31.6 Å². The summed E-state index contributed by atoms with van der Waals surface area (Å²) in [6.07, 6.45) is 3.00. The van der Waals surface area contributed by atoms with E-state index in [1.54, 1.807) is 11.3 Å². The molecule has 2 aliphatic heterocycles. The molecule has 3 fully saturated rings. The van der Waals surface area contributed by atoms with Crippen LogP contribution < -0.4 is 9.64 Å². The van der Waals surface area contributed by atoms with Crippen LogP contribution in [0.25, 0.3) is 11.3 Å². The van der Waals surface area contributed by atoms with E-state index in [0.717, 1.165) is 64.8 Å². The zero-order valence-electron chi connectivity index (χ0n) is 24.8. The molecule has 2 aromatic carbocycles. The van der Waals surface area contributed by atoms with E-state index in [2.05, 4.69) is 29.8 Å². The van der Waals surface area contributed by atoms with Crippen molar-refractivity contribution in [1.29, 1.82) is 0 Å². The number of aromatic nitrogens is 1. The molecule has 9 heteroatoms. The summed E-state index contributed by atoms with van der Waals surface area (Å²) >= 11 is 1.62. The first-order chi connectivity index (χ1) is 20.7. The predicted octanol–water partition coefficient (Wildman–Crippen LogP) is 5.71. The fraction of sp³-hybridized carbons (Fsp3) is 0.441. The molecule has 1 aromatic heterocycles. The van der Waals surface area contributed by atoms with Gasteiger partial charge in [0.15, 0.2) is 5.13 Å². The van der Waals surface area contributed by atoms with Gasteiger partial charge in [0, 0.05) is 48.3 Å². The monoisotopic (exact) mass is 601 g/mol. The fourth-order valence-electron chi connectivity index (χ4n) is 6.99. The van der Waals surface area contributed by atoms with Crippen LogP contribution in [-0.4, -0.2) is 64.3 Å². The molecule has 43 heavy (non-hydrogen) atoms. The molecule has 3 aliphatic rings. The first kappa shape index (κ1) is 29.4. The van der Waals surface area contributed by atoms with Crippen LogP contribution in [0.4, 0.5) is 5.13 Å². The molecule has 3 aromatic rings. The van der Waals surface area contributed by atoms with Crippen molar-refractivity contribution in [3.63, 3.8) is 0 Å². The third-order valence-electron chi connectivity index (χ3n) is 9.41. The third kappa shape index (κ3) is 6.06. The summed E-state index contributed by atoms with van der Waals surface area (Å²) in [7, 11) is 0. The van der Waals surface area contributed by atoms with Crippen LogP contribution in [-0.2, 0) is 11.4 Å². The number of aryl methyl sites for hydroxylation is 2. The second-order valence-corrected chi connectivity index (χ2v) is 13.2. The molecule has 1 amide bonds. The number of thiazole rings is 1. The maximum absolute atomic E-state index is 13.0. The van der Waals surface area contributed by atoms with Crippen molar-refractivity contribution in [3.8, 4) is 17.0 Å². The highest BCUT2D eigenvalue weighted by Gasteiger charge is 2.45. The molecule has 1 aliphatic carbocycles. The number of rotatable bonds is 8. The van der Waals surface area contributed by atoms with E-state index in [1.165, 1.54) is 0 Å². The lowest BCUT2D eigenvalue weighted by molar-refractivity contribution is -0.133. The van der Waals surface area contributed by atoms with E-state index in [1.807, 2.05) is 42.2 Å². The molecular formula is C34H39N3O5S. The van der Waals surface area contributed by atoms with Gasteiger partial charge < -0.3 is 24.7 Å². The minimum Gasteiger partial charge on any atom is -0.488 e. The molecule has 0 radical (unpaired) electrons. The summed E-state index contributed by atoms with van der Waals surface area (Å²) in [6, 6.07) is 11.9. The van der Waals surface area contributed by atoms with Gasteiger partial charge in [0.2, 0.25) is 0 Å². The van der Waals surface area contributed by atoms with E-state index in [4.69, 9.17) is 9.72 Å². The lowest BCUT2D eigenvalue weighted by Gasteiger charge is -2.38. The first-order valence-corrected chi connectivity index (χ1v) is 16.0. The number of carbonyl (C=O) groups excluding carboxylic acids is 1. The van der Waals surface area contributed by atoms with Gasteiger partial charge in [0.05, 0.1) is 11.8 Å². The van der Waals surface area contributed by atoms with Gasteiger partial charge in [-0.15, -0.1) is 11.3 Å². The molecule has 0 spiro atoms. The van der Waals surface area contributed by atoms with E-state index < -0.39 is 5.97 Å². The molecule has 3 atom stereocenters. The SMILES string of the molecule is C=C(C(=O)O)[C@@H]1C2CC[C@@H]1CN(c1nc(-c3cc(C)ccc3OCc3ccc(C(=O)N4CCC(O)CC4)cc3C)cs1)C2. The van der Waals surface area contributed by atoms with Gasteiger partial charge in [-0.1, -0.05) is 24.3 Å². The molecule has 8 nitrogen and oxygen atoms in total. The van der Waals surface area contributed by atoms with Crippen molar-refractivity contribution in [2.24, 2.45) is 17.8 Å². The summed E-state index contributed by atoms with van der Waals surface area (Å²) < 4.78 is 6.37. The Morgan fingerprint density at radius 3 is 2.44 bits per heavy atom. The van der Waals surface area contributed by atoms with E-state index in [9.17, 15) is 19.8 Å². The maximum Gasteiger partial charge on any atom is 0.331 e. The van der Waals surface area contributed by atoms with E-state index >= 15 is 0 Å². The number of aliphatic hydroxyl groups excluding tert-OH is 1. The predicted molar refractivity (Wildman–Crippen MR) is 168 cm³/mol. The Kier molecular flexibility index (Phi) is 8.29. The summed E-state index contributed by atoms with van der Waals surface area (Å²) in [5.41, 5.74) is 5.95. The molecular weight excluding hydrogens is 562 g/mol. The highest BCUT2D eigenvalue weighted by Crippen LogP contribution is 2.47. The van der Waals surface area contributed by atoms with Crippen molar-refractivity contribution < 1.29 is 24.5 Å². The van der Waals surface area contributed by atoms with Crippen LogP contribution in [0.1, 0.15) is 52.7 Å². The Balaban J connectivity index is 1.14. The number of amides is 1. The van der Waals surface area contributed by atoms with Crippen molar-refractivity contribution in [3.05, 3.63) is 76.2 Å². The van der Waals surface area contributed by atoms with Crippen molar-refractivity contribution in [1.82, 2.24) is 9.88 Å². The van der Waals surface area contributed by atoms with Crippen LogP contribution >= 0.6 is 11.3 Å². The summed E-state index contributed by atoms with van der Waals surface area (Å²) in [5.74, 6) is 0.532. The number of carboxylic acids is 1. The Labute approximate surface area is 256 Å². The average Bonchev–Trinajstić information content (AvgIpc) is 3.59. The number of ether oxygens (including phenoxy) is 1. The second-order valence-electron chi connectivity index (χ2n) is 12.3. The Bertz CT molecular complexity index is 1530. The summed E-state index contributed by atoms with van der Waals surface area (Å²) in [6.45, 7) is 11.1. The molecule has 2 bridgehead atoms. The molecule has 2 saturated heterocycles. The maximum atomic E-state index is 13.0. The highest BCUT2D eigenvalue weighted by atomic mass is 32.1. The molecule has 6 rings (SSSR count). The van der Waals surface area contributed by atoms with Gasteiger partial charge in [0.25, 0.3) is 5.91 Å². The third-order valence-corrected chi connectivity index (χ3v) is 10.3. The van der Waals surface area contributed by atoms with Crippen molar-refractivity contribution in [2.45, 2.75) is 52.2 Å². The zero-order chi connectivity index (χ0) is 30.2.